The van der Waals surface area contributed by atoms with Crippen molar-refractivity contribution in [1.82, 2.24) is 29.5 Å². The molecule has 1 saturated heterocycles. The second-order valence-electron chi connectivity index (χ2n) is 9.13. The fourth-order valence-corrected chi connectivity index (χ4v) is 4.72. The summed E-state index contributed by atoms with van der Waals surface area (Å²) in [6, 6.07) is 8.50. The first kappa shape index (κ1) is 22.0. The van der Waals surface area contributed by atoms with E-state index < -0.39 is 0 Å². The van der Waals surface area contributed by atoms with E-state index in [0.717, 1.165) is 91.5 Å². The second-order valence-corrected chi connectivity index (χ2v) is 9.13. The van der Waals surface area contributed by atoms with Crippen LogP contribution < -0.4 is 5.32 Å². The molecule has 7 nitrogen and oxygen atoms in total. The third-order valence-corrected chi connectivity index (χ3v) is 6.70. The third kappa shape index (κ3) is 4.93. The molecule has 0 unspecified atom stereocenters. The van der Waals surface area contributed by atoms with E-state index >= 15 is 0 Å². The lowest BCUT2D eigenvalue weighted by Gasteiger charge is -2.32. The highest BCUT2D eigenvalue weighted by molar-refractivity contribution is 5.88. The van der Waals surface area contributed by atoms with Crippen LogP contribution in [0.1, 0.15) is 5.69 Å². The van der Waals surface area contributed by atoms with Crippen molar-refractivity contribution in [2.24, 2.45) is 0 Å². The van der Waals surface area contributed by atoms with Gasteiger partial charge in [0.25, 0.3) is 0 Å². The van der Waals surface area contributed by atoms with Gasteiger partial charge in [-0.2, -0.15) is 5.10 Å². The van der Waals surface area contributed by atoms with Gasteiger partial charge in [0.2, 0.25) is 0 Å². The van der Waals surface area contributed by atoms with Gasteiger partial charge in [-0.15, -0.1) is 0 Å². The van der Waals surface area contributed by atoms with Crippen LogP contribution in [0.5, 0.6) is 0 Å². The molecule has 0 saturated carbocycles. The van der Waals surface area contributed by atoms with Crippen molar-refractivity contribution in [1.29, 1.82) is 0 Å². The smallest absolute Gasteiger partial charge is 0.130 e. The second kappa shape index (κ2) is 9.59. The molecule has 1 N–H and O–H groups in total. The van der Waals surface area contributed by atoms with E-state index in [2.05, 4.69) is 72.7 Å². The van der Waals surface area contributed by atoms with E-state index in [-0.39, 0.29) is 6.67 Å². The number of hydrogen-bond acceptors (Lipinski definition) is 6. The molecule has 33 heavy (non-hydrogen) atoms. The Morgan fingerprint density at radius 1 is 1.03 bits per heavy atom. The Kier molecular flexibility index (Phi) is 6.39. The first-order valence-electron chi connectivity index (χ1n) is 11.7. The number of halogens is 1. The first-order chi connectivity index (χ1) is 16.1. The number of rotatable bonds is 7. The molecule has 3 aromatic rings. The van der Waals surface area contributed by atoms with Gasteiger partial charge in [-0.3, -0.25) is 14.5 Å². The summed E-state index contributed by atoms with van der Waals surface area (Å²) in [5, 5.41) is 10.2. The lowest BCUT2D eigenvalue weighted by Crippen LogP contribution is -2.45. The summed E-state index contributed by atoms with van der Waals surface area (Å²) in [4.78, 5) is 11.5. The van der Waals surface area contributed by atoms with Crippen LogP contribution in [-0.2, 0) is 13.1 Å². The fraction of sp³-hybridized carbons (Fsp3) is 0.440. The number of alkyl halides is 1. The Labute approximate surface area is 194 Å². The van der Waals surface area contributed by atoms with Gasteiger partial charge in [-0.25, -0.2) is 9.37 Å². The summed E-state index contributed by atoms with van der Waals surface area (Å²) >= 11 is 0. The summed E-state index contributed by atoms with van der Waals surface area (Å²) in [5.41, 5.74) is 4.36. The predicted molar refractivity (Wildman–Crippen MR) is 131 cm³/mol. The van der Waals surface area contributed by atoms with E-state index in [1.807, 2.05) is 12.4 Å². The summed E-state index contributed by atoms with van der Waals surface area (Å²) in [7, 11) is 2.16. The van der Waals surface area contributed by atoms with Gasteiger partial charge in [-0.05, 0) is 30.1 Å². The summed E-state index contributed by atoms with van der Waals surface area (Å²) in [6.45, 7) is 11.9. The summed E-state index contributed by atoms with van der Waals surface area (Å²) in [6.07, 6.45) is 3.84. The van der Waals surface area contributed by atoms with Crippen molar-refractivity contribution < 1.29 is 4.39 Å². The van der Waals surface area contributed by atoms with Gasteiger partial charge in [0, 0.05) is 75.2 Å². The van der Waals surface area contributed by atoms with Crippen LogP contribution in [0, 0.1) is 0 Å². The molecule has 0 spiro atoms. The minimum Gasteiger partial charge on any atom is -0.343 e. The number of hydrogen-bond donors (Lipinski definition) is 1. The maximum Gasteiger partial charge on any atom is 0.130 e. The van der Waals surface area contributed by atoms with Crippen LogP contribution in [0.4, 0.5) is 10.2 Å². The average molecular weight is 450 g/mol. The zero-order valence-electron chi connectivity index (χ0n) is 19.3. The molecule has 2 aliphatic heterocycles. The monoisotopic (exact) mass is 449 g/mol. The van der Waals surface area contributed by atoms with Crippen molar-refractivity contribution in [3.63, 3.8) is 0 Å². The van der Waals surface area contributed by atoms with Crippen molar-refractivity contribution in [2.75, 3.05) is 64.9 Å². The summed E-state index contributed by atoms with van der Waals surface area (Å²) in [5.74, 6) is 0.810. The van der Waals surface area contributed by atoms with Gasteiger partial charge in [-0.1, -0.05) is 18.7 Å². The van der Waals surface area contributed by atoms with E-state index in [1.165, 1.54) is 0 Å². The lowest BCUT2D eigenvalue weighted by molar-refractivity contribution is 0.164. The Bertz CT molecular complexity index is 1130. The molecule has 4 heterocycles. The number of pyridine rings is 1. The van der Waals surface area contributed by atoms with Crippen LogP contribution in [-0.4, -0.2) is 89.0 Å². The fourth-order valence-electron chi connectivity index (χ4n) is 4.72. The molecular formula is C25H32FN7. The normalized spacial score (nSPS) is 17.9. The maximum atomic E-state index is 12.9. The predicted octanol–water partition coefficient (Wildman–Crippen LogP) is 3.06. The molecule has 0 atom stereocenters. The largest absolute Gasteiger partial charge is 0.343 e. The van der Waals surface area contributed by atoms with E-state index in [0.29, 0.717) is 6.54 Å². The minimum absolute atomic E-state index is 0.317. The number of nitrogens with one attached hydrogen (secondary N) is 1. The van der Waals surface area contributed by atoms with E-state index in [1.54, 1.807) is 0 Å². The standard InChI is InChI=1S/C25H32FN7/c1-19(17-32-9-7-30(2)8-10-32)29-25-14-22-13-20(3-4-21(22)15-27-25)23-16-28-33-12-11-31(6-5-26)18-24(23)33/h3-4,13-16H,1,5-12,17-18H2,2H3,(H,27,29). The topological polar surface area (TPSA) is 52.5 Å². The number of nitrogens with zero attached hydrogens (tertiary/aromatic N) is 6. The third-order valence-electron chi connectivity index (χ3n) is 6.70. The Morgan fingerprint density at radius 2 is 1.85 bits per heavy atom. The van der Waals surface area contributed by atoms with Crippen molar-refractivity contribution in [3.8, 4) is 11.1 Å². The van der Waals surface area contributed by atoms with Gasteiger partial charge in [0.05, 0.1) is 18.4 Å². The lowest BCUT2D eigenvalue weighted by atomic mass is 10.0. The first-order valence-corrected chi connectivity index (χ1v) is 11.7. The SMILES string of the molecule is C=C(CN1CCN(C)CC1)Nc1cc2cc(-c3cnn4c3CN(CCF)CC4)ccc2cn1. The van der Waals surface area contributed by atoms with Gasteiger partial charge >= 0.3 is 0 Å². The molecule has 2 aliphatic rings. The molecule has 1 fully saturated rings. The molecule has 8 heteroatoms. The Morgan fingerprint density at radius 3 is 2.67 bits per heavy atom. The molecular weight excluding hydrogens is 417 g/mol. The van der Waals surface area contributed by atoms with Gasteiger partial charge < -0.3 is 10.2 Å². The van der Waals surface area contributed by atoms with Crippen LogP contribution in [0.25, 0.3) is 21.9 Å². The van der Waals surface area contributed by atoms with Gasteiger partial charge in [0.1, 0.15) is 12.5 Å². The minimum atomic E-state index is -0.317. The van der Waals surface area contributed by atoms with Crippen molar-refractivity contribution >= 4 is 16.6 Å². The molecule has 1 aromatic carbocycles. The number of anilines is 1. The molecule has 5 rings (SSSR count). The van der Waals surface area contributed by atoms with Crippen molar-refractivity contribution in [3.05, 3.63) is 54.6 Å². The Balaban J connectivity index is 1.33. The molecule has 2 aromatic heterocycles. The number of fused-ring (bicyclic) bond motifs is 2. The van der Waals surface area contributed by atoms with Gasteiger partial charge in [0.15, 0.2) is 0 Å². The zero-order chi connectivity index (χ0) is 22.8. The van der Waals surface area contributed by atoms with E-state index in [4.69, 9.17) is 0 Å². The average Bonchev–Trinajstić information content (AvgIpc) is 3.23. The molecule has 0 bridgehead atoms. The van der Waals surface area contributed by atoms with Crippen LogP contribution in [0.2, 0.25) is 0 Å². The molecule has 0 aliphatic carbocycles. The zero-order valence-corrected chi connectivity index (χ0v) is 19.3. The molecule has 0 amide bonds. The highest BCUT2D eigenvalue weighted by Crippen LogP contribution is 2.30. The van der Waals surface area contributed by atoms with Crippen LogP contribution in [0.3, 0.4) is 0 Å². The number of piperazine rings is 1. The maximum absolute atomic E-state index is 12.9. The number of benzene rings is 1. The highest BCUT2D eigenvalue weighted by Gasteiger charge is 2.21. The Hall–Kier alpha value is -2.81. The number of aromatic nitrogens is 3. The molecule has 0 radical (unpaired) electrons. The summed E-state index contributed by atoms with van der Waals surface area (Å²) < 4.78 is 14.9. The van der Waals surface area contributed by atoms with Crippen molar-refractivity contribution in [2.45, 2.75) is 13.1 Å². The number of likely N-dealkylation sites (N-methyl/N-ethyl adjacent to an activating group) is 1. The van der Waals surface area contributed by atoms with Crippen LogP contribution in [0.15, 0.2) is 48.9 Å². The molecule has 174 valence electrons. The van der Waals surface area contributed by atoms with Crippen LogP contribution >= 0.6 is 0 Å². The van der Waals surface area contributed by atoms with E-state index in [9.17, 15) is 4.39 Å². The highest BCUT2D eigenvalue weighted by atomic mass is 19.1. The quantitative estimate of drug-likeness (QED) is 0.598.